The number of anilines is 1. The van der Waals surface area contributed by atoms with Gasteiger partial charge in [0, 0.05) is 19.3 Å². The molecule has 0 spiro atoms. The molecule has 17 heavy (non-hydrogen) atoms. The monoisotopic (exact) mass is 242 g/mol. The van der Waals surface area contributed by atoms with E-state index in [1.165, 1.54) is 0 Å². The largest absolute Gasteiger partial charge is 0.396 e. The molecule has 6 nitrogen and oxygen atoms in total. The van der Waals surface area contributed by atoms with Crippen LogP contribution in [0.25, 0.3) is 0 Å². The number of nitrogens with zero attached hydrogens (tertiary/aromatic N) is 2. The molecule has 0 aliphatic carbocycles. The lowest BCUT2D eigenvalue weighted by Gasteiger charge is -2.24. The lowest BCUT2D eigenvalue weighted by atomic mass is 10.2. The van der Waals surface area contributed by atoms with Gasteiger partial charge in [-0.3, -0.25) is 10.00 Å². The van der Waals surface area contributed by atoms with E-state index in [0.29, 0.717) is 12.2 Å². The summed E-state index contributed by atoms with van der Waals surface area (Å²) in [5.74, 6) is 0. The maximum Gasteiger partial charge on any atom is 0.214 e. The van der Waals surface area contributed by atoms with E-state index in [2.05, 4.69) is 10.4 Å². The van der Waals surface area contributed by atoms with E-state index in [0.717, 1.165) is 13.0 Å². The van der Waals surface area contributed by atoms with Crippen molar-refractivity contribution in [3.8, 4) is 0 Å². The number of hydrogen-bond acceptors (Lipinski definition) is 5. The second-order valence-electron chi connectivity index (χ2n) is 4.93. The molecule has 1 unspecified atom stereocenters. The molecule has 6 heteroatoms. The Hall–Kier alpha value is -1.11. The Labute approximate surface area is 102 Å². The van der Waals surface area contributed by atoms with E-state index in [9.17, 15) is 5.11 Å². The van der Waals surface area contributed by atoms with Crippen LogP contribution in [0.4, 0.5) is 5.69 Å². The molecule has 98 valence electrons. The van der Waals surface area contributed by atoms with E-state index in [4.69, 9.17) is 10.5 Å². The Balaban J connectivity index is 2.12. The van der Waals surface area contributed by atoms with Crippen molar-refractivity contribution in [2.45, 2.75) is 45.8 Å². The topological polar surface area (TPSA) is 85.3 Å². The molecule has 0 saturated carbocycles. The summed E-state index contributed by atoms with van der Waals surface area (Å²) in [5, 5.41) is 16.4. The van der Waals surface area contributed by atoms with Crippen LogP contribution < -0.4 is 11.1 Å². The molecule has 1 aromatic heterocycles. The second-order valence-corrected chi connectivity index (χ2v) is 4.93. The first kappa shape index (κ1) is 14.0. The number of aliphatic hydroxyl groups excluding tert-OH is 1. The van der Waals surface area contributed by atoms with Crippen molar-refractivity contribution in [1.29, 1.82) is 0 Å². The third kappa shape index (κ3) is 6.25. The van der Waals surface area contributed by atoms with Crippen molar-refractivity contribution < 1.29 is 9.84 Å². The third-order valence-electron chi connectivity index (χ3n) is 2.00. The Morgan fingerprint density at radius 3 is 2.82 bits per heavy atom. The molecular weight excluding hydrogens is 220 g/mol. The van der Waals surface area contributed by atoms with Crippen LogP contribution in [-0.4, -0.2) is 33.4 Å². The van der Waals surface area contributed by atoms with Crippen molar-refractivity contribution in [3.63, 3.8) is 0 Å². The van der Waals surface area contributed by atoms with Gasteiger partial charge >= 0.3 is 0 Å². The van der Waals surface area contributed by atoms with E-state index in [1.807, 2.05) is 20.8 Å². The fourth-order valence-electron chi connectivity index (χ4n) is 1.35. The lowest BCUT2D eigenvalue weighted by molar-refractivity contribution is -0.181. The predicted molar refractivity (Wildman–Crippen MR) is 66.1 cm³/mol. The maximum absolute atomic E-state index is 9.51. The number of aromatic nitrogens is 2. The molecule has 0 fully saturated rings. The summed E-state index contributed by atoms with van der Waals surface area (Å²) in [7, 11) is 0. The number of aliphatic hydroxyl groups is 1. The SMILES string of the molecule is CC(C)(C)OC(O)NCCCn1cc(N)cn1. The van der Waals surface area contributed by atoms with Crippen LogP contribution in [0.3, 0.4) is 0 Å². The molecule has 1 heterocycles. The number of hydrogen-bond donors (Lipinski definition) is 3. The summed E-state index contributed by atoms with van der Waals surface area (Å²) < 4.78 is 7.07. The summed E-state index contributed by atoms with van der Waals surface area (Å²) in [4.78, 5) is 0. The van der Waals surface area contributed by atoms with Crippen LogP contribution >= 0.6 is 0 Å². The highest BCUT2D eigenvalue weighted by molar-refractivity contribution is 5.30. The first-order valence-corrected chi connectivity index (χ1v) is 5.74. The zero-order chi connectivity index (χ0) is 12.9. The molecule has 4 N–H and O–H groups in total. The van der Waals surface area contributed by atoms with Gasteiger partial charge in [0.1, 0.15) is 0 Å². The van der Waals surface area contributed by atoms with Gasteiger partial charge in [0.05, 0.1) is 17.5 Å². The number of aryl methyl sites for hydroxylation is 1. The molecule has 0 aromatic carbocycles. The van der Waals surface area contributed by atoms with E-state index < -0.39 is 6.41 Å². The Kier molecular flexibility index (Phi) is 4.92. The minimum atomic E-state index is -0.933. The van der Waals surface area contributed by atoms with Crippen LogP contribution in [0.2, 0.25) is 0 Å². The molecule has 0 aliphatic rings. The molecule has 0 radical (unpaired) electrons. The Morgan fingerprint density at radius 1 is 1.59 bits per heavy atom. The van der Waals surface area contributed by atoms with Gasteiger partial charge in [0.25, 0.3) is 0 Å². The smallest absolute Gasteiger partial charge is 0.214 e. The summed E-state index contributed by atoms with van der Waals surface area (Å²) in [6.07, 6.45) is 3.30. The van der Waals surface area contributed by atoms with Gasteiger partial charge in [0.15, 0.2) is 0 Å². The molecule has 1 atom stereocenters. The molecule has 1 aromatic rings. The van der Waals surface area contributed by atoms with Crippen LogP contribution in [0.15, 0.2) is 12.4 Å². The summed E-state index contributed by atoms with van der Waals surface area (Å²) in [6.45, 7) is 7.09. The first-order chi connectivity index (χ1) is 7.87. The van der Waals surface area contributed by atoms with Gasteiger partial charge in [-0.2, -0.15) is 5.10 Å². The average molecular weight is 242 g/mol. The third-order valence-corrected chi connectivity index (χ3v) is 2.00. The quantitative estimate of drug-likeness (QED) is 0.500. The fourth-order valence-corrected chi connectivity index (χ4v) is 1.35. The van der Waals surface area contributed by atoms with Crippen LogP contribution in [0.1, 0.15) is 27.2 Å². The van der Waals surface area contributed by atoms with Crippen LogP contribution in [-0.2, 0) is 11.3 Å². The van der Waals surface area contributed by atoms with E-state index >= 15 is 0 Å². The Bertz CT molecular complexity index is 332. The van der Waals surface area contributed by atoms with Gasteiger partial charge in [-0.15, -0.1) is 0 Å². The van der Waals surface area contributed by atoms with Gasteiger partial charge in [-0.25, -0.2) is 0 Å². The standard InChI is InChI=1S/C11H22N4O2/c1-11(2,3)17-10(16)13-5-4-6-15-8-9(12)7-14-15/h7-8,10,13,16H,4-6,12H2,1-3H3. The van der Waals surface area contributed by atoms with Crippen molar-refractivity contribution in [2.75, 3.05) is 12.3 Å². The highest BCUT2D eigenvalue weighted by atomic mass is 16.6. The summed E-state index contributed by atoms with van der Waals surface area (Å²) in [6, 6.07) is 0. The summed E-state index contributed by atoms with van der Waals surface area (Å²) >= 11 is 0. The molecular formula is C11H22N4O2. The molecule has 0 aliphatic heterocycles. The fraction of sp³-hybridized carbons (Fsp3) is 0.727. The van der Waals surface area contributed by atoms with Gasteiger partial charge in [-0.05, 0) is 27.2 Å². The number of ether oxygens (including phenoxy) is 1. The highest BCUT2D eigenvalue weighted by Gasteiger charge is 2.15. The molecule has 0 saturated heterocycles. The number of nitrogens with two attached hydrogens (primary N) is 1. The van der Waals surface area contributed by atoms with Gasteiger partial charge in [0.2, 0.25) is 6.41 Å². The zero-order valence-electron chi connectivity index (χ0n) is 10.7. The molecule has 1 rings (SSSR count). The average Bonchev–Trinajstić information content (AvgIpc) is 2.56. The number of nitrogens with one attached hydrogen (secondary N) is 1. The van der Waals surface area contributed by atoms with Crippen molar-refractivity contribution >= 4 is 5.69 Å². The maximum atomic E-state index is 9.51. The Morgan fingerprint density at radius 2 is 2.29 bits per heavy atom. The normalized spacial score (nSPS) is 13.9. The molecule has 0 amide bonds. The first-order valence-electron chi connectivity index (χ1n) is 5.74. The van der Waals surface area contributed by atoms with E-state index in [-0.39, 0.29) is 5.60 Å². The van der Waals surface area contributed by atoms with Crippen molar-refractivity contribution in [3.05, 3.63) is 12.4 Å². The summed E-state index contributed by atoms with van der Waals surface area (Å²) in [5.41, 5.74) is 5.84. The van der Waals surface area contributed by atoms with Crippen molar-refractivity contribution in [1.82, 2.24) is 15.1 Å². The van der Waals surface area contributed by atoms with Gasteiger partial charge < -0.3 is 15.6 Å². The number of rotatable bonds is 6. The molecule has 0 bridgehead atoms. The second kappa shape index (κ2) is 6.00. The van der Waals surface area contributed by atoms with Crippen LogP contribution in [0.5, 0.6) is 0 Å². The van der Waals surface area contributed by atoms with Crippen molar-refractivity contribution in [2.24, 2.45) is 0 Å². The minimum absolute atomic E-state index is 0.358. The highest BCUT2D eigenvalue weighted by Crippen LogP contribution is 2.07. The predicted octanol–water partition coefficient (Wildman–Crippen LogP) is 0.536. The lowest BCUT2D eigenvalue weighted by Crippen LogP contribution is -2.38. The minimum Gasteiger partial charge on any atom is -0.396 e. The van der Waals surface area contributed by atoms with E-state index in [1.54, 1.807) is 17.1 Å². The zero-order valence-corrected chi connectivity index (χ0v) is 10.7. The van der Waals surface area contributed by atoms with Crippen LogP contribution in [0, 0.1) is 0 Å². The van der Waals surface area contributed by atoms with Gasteiger partial charge in [-0.1, -0.05) is 0 Å². The number of nitrogen functional groups attached to an aromatic ring is 1.